The minimum absolute atomic E-state index is 0.304. The number of carbonyl (C=O) groups excluding carboxylic acids is 1. The third-order valence-electron chi connectivity index (χ3n) is 6.12. The zero-order valence-electron chi connectivity index (χ0n) is 16.5. The molecular weight excluding hydrogens is 350 g/mol. The fourth-order valence-electron chi connectivity index (χ4n) is 4.34. The van der Waals surface area contributed by atoms with Crippen LogP contribution in [0, 0.1) is 17.2 Å². The normalized spacial score (nSPS) is 19.0. The average Bonchev–Trinajstić information content (AvgIpc) is 2.74. The summed E-state index contributed by atoms with van der Waals surface area (Å²) in [4.78, 5) is 23.7. The van der Waals surface area contributed by atoms with Crippen molar-refractivity contribution in [1.82, 2.24) is 14.8 Å². The molecule has 2 aromatic rings. The molecule has 3 heterocycles. The number of aromatic nitrogens is 1. The van der Waals surface area contributed by atoms with E-state index in [1.807, 2.05) is 29.2 Å². The Morgan fingerprint density at radius 2 is 1.86 bits per heavy atom. The molecule has 4 rings (SSSR count). The Morgan fingerprint density at radius 3 is 2.57 bits per heavy atom. The molecule has 6 heteroatoms. The lowest BCUT2D eigenvalue weighted by atomic mass is 9.92. The Kier molecular flexibility index (Phi) is 5.45. The third kappa shape index (κ3) is 3.81. The first-order valence-corrected chi connectivity index (χ1v) is 10.1. The fourth-order valence-corrected chi connectivity index (χ4v) is 4.34. The number of pyridine rings is 1. The highest BCUT2D eigenvalue weighted by Crippen LogP contribution is 2.33. The number of nitrogens with zero attached hydrogens (tertiary/aromatic N) is 5. The Balaban J connectivity index is 1.42. The van der Waals surface area contributed by atoms with Crippen molar-refractivity contribution in [3.8, 4) is 6.07 Å². The van der Waals surface area contributed by atoms with E-state index in [0.717, 1.165) is 68.7 Å². The molecule has 0 spiro atoms. The Bertz CT molecular complexity index is 889. The highest BCUT2D eigenvalue weighted by molar-refractivity contribution is 5.94. The number of rotatable bonds is 3. The molecule has 0 unspecified atom stereocenters. The van der Waals surface area contributed by atoms with E-state index in [2.05, 4.69) is 27.9 Å². The number of hydrogen-bond acceptors (Lipinski definition) is 5. The van der Waals surface area contributed by atoms with Gasteiger partial charge in [-0.05, 0) is 31.9 Å². The van der Waals surface area contributed by atoms with Crippen LogP contribution >= 0.6 is 0 Å². The van der Waals surface area contributed by atoms with E-state index in [-0.39, 0.29) is 0 Å². The molecule has 2 saturated heterocycles. The molecule has 1 amide bonds. The number of fused-ring (bicyclic) bond motifs is 1. The van der Waals surface area contributed by atoms with E-state index < -0.39 is 0 Å². The van der Waals surface area contributed by atoms with Gasteiger partial charge in [-0.1, -0.05) is 18.2 Å². The van der Waals surface area contributed by atoms with Gasteiger partial charge >= 0.3 is 0 Å². The molecule has 0 radical (unpaired) electrons. The van der Waals surface area contributed by atoms with Gasteiger partial charge in [0, 0.05) is 57.3 Å². The van der Waals surface area contributed by atoms with Crippen molar-refractivity contribution in [2.45, 2.75) is 19.3 Å². The van der Waals surface area contributed by atoms with Crippen LogP contribution in [0.15, 0.2) is 30.5 Å². The van der Waals surface area contributed by atoms with Crippen molar-refractivity contribution >= 4 is 22.5 Å². The van der Waals surface area contributed by atoms with Gasteiger partial charge in [0.05, 0.1) is 16.8 Å². The lowest BCUT2D eigenvalue weighted by Crippen LogP contribution is -2.47. The number of likely N-dealkylation sites (N-methyl/N-ethyl adjacent to an activating group) is 1. The average molecular weight is 377 g/mol. The van der Waals surface area contributed by atoms with Crippen LogP contribution in [0.2, 0.25) is 0 Å². The molecular formula is C22H27N5O. The maximum absolute atomic E-state index is 12.6. The molecule has 0 N–H and O–H groups in total. The monoisotopic (exact) mass is 377 g/mol. The first-order valence-electron chi connectivity index (χ1n) is 10.1. The van der Waals surface area contributed by atoms with Gasteiger partial charge in [0.1, 0.15) is 6.07 Å². The number of benzene rings is 1. The van der Waals surface area contributed by atoms with Gasteiger partial charge in [0.25, 0.3) is 0 Å². The first-order chi connectivity index (χ1) is 13.7. The summed E-state index contributed by atoms with van der Waals surface area (Å²) in [6.07, 6.45) is 4.31. The van der Waals surface area contributed by atoms with Gasteiger partial charge < -0.3 is 14.7 Å². The van der Waals surface area contributed by atoms with Crippen molar-refractivity contribution < 1.29 is 4.79 Å². The lowest BCUT2D eigenvalue weighted by Gasteiger charge is -2.36. The second-order valence-electron chi connectivity index (χ2n) is 7.97. The molecule has 1 aromatic heterocycles. The second-order valence-corrected chi connectivity index (χ2v) is 7.97. The number of hydrogen-bond donors (Lipinski definition) is 0. The van der Waals surface area contributed by atoms with Crippen molar-refractivity contribution in [2.24, 2.45) is 5.92 Å². The summed E-state index contributed by atoms with van der Waals surface area (Å²) in [6, 6.07) is 10.3. The van der Waals surface area contributed by atoms with Gasteiger partial charge in [-0.2, -0.15) is 5.26 Å². The fraction of sp³-hybridized carbons (Fsp3) is 0.500. The van der Waals surface area contributed by atoms with Gasteiger partial charge in [0.15, 0.2) is 0 Å². The van der Waals surface area contributed by atoms with Crippen LogP contribution < -0.4 is 4.90 Å². The van der Waals surface area contributed by atoms with Gasteiger partial charge in [0.2, 0.25) is 5.91 Å². The first kappa shape index (κ1) is 18.7. The number of para-hydroxylation sites is 1. The highest BCUT2D eigenvalue weighted by Gasteiger charge is 2.27. The summed E-state index contributed by atoms with van der Waals surface area (Å²) in [6.45, 7) is 5.39. The number of piperazine rings is 1. The predicted octanol–water partition coefficient (Wildman–Crippen LogP) is 2.49. The largest absolute Gasteiger partial charge is 0.370 e. The van der Waals surface area contributed by atoms with Gasteiger partial charge in [-0.15, -0.1) is 0 Å². The maximum atomic E-state index is 12.6. The van der Waals surface area contributed by atoms with Crippen LogP contribution in [0.1, 0.15) is 24.8 Å². The van der Waals surface area contributed by atoms with Crippen molar-refractivity contribution in [3.05, 3.63) is 36.0 Å². The molecule has 28 heavy (non-hydrogen) atoms. The third-order valence-corrected chi connectivity index (χ3v) is 6.12. The maximum Gasteiger partial charge on any atom is 0.222 e. The molecule has 0 bridgehead atoms. The molecule has 0 saturated carbocycles. The summed E-state index contributed by atoms with van der Waals surface area (Å²) in [5.41, 5.74) is 2.55. The SMILES string of the molecule is CN1CCN(C(=O)CC2CCN(c3c(C#N)cnc4ccccc34)CC2)CC1. The molecule has 0 atom stereocenters. The second kappa shape index (κ2) is 8.15. The van der Waals surface area contributed by atoms with Gasteiger partial charge in [-0.25, -0.2) is 0 Å². The van der Waals surface area contributed by atoms with E-state index in [9.17, 15) is 10.1 Å². The lowest BCUT2D eigenvalue weighted by molar-refractivity contribution is -0.133. The summed E-state index contributed by atoms with van der Waals surface area (Å²) in [7, 11) is 2.11. The van der Waals surface area contributed by atoms with Crippen LogP contribution in [-0.2, 0) is 4.79 Å². The predicted molar refractivity (Wildman–Crippen MR) is 110 cm³/mol. The molecule has 2 aliphatic rings. The number of carbonyl (C=O) groups is 1. The number of anilines is 1. The minimum Gasteiger partial charge on any atom is -0.370 e. The Morgan fingerprint density at radius 1 is 1.14 bits per heavy atom. The van der Waals surface area contributed by atoms with Crippen LogP contribution in [0.3, 0.4) is 0 Å². The van der Waals surface area contributed by atoms with Crippen LogP contribution in [0.25, 0.3) is 10.9 Å². The topological polar surface area (TPSA) is 63.5 Å². The van der Waals surface area contributed by atoms with Crippen molar-refractivity contribution in [2.75, 3.05) is 51.2 Å². The molecule has 0 aliphatic carbocycles. The van der Waals surface area contributed by atoms with E-state index in [4.69, 9.17) is 0 Å². The van der Waals surface area contributed by atoms with E-state index in [0.29, 0.717) is 23.8 Å². The Labute approximate surface area is 166 Å². The molecule has 2 fully saturated rings. The number of piperidine rings is 1. The van der Waals surface area contributed by atoms with Crippen molar-refractivity contribution in [1.29, 1.82) is 5.26 Å². The van der Waals surface area contributed by atoms with Crippen molar-refractivity contribution in [3.63, 3.8) is 0 Å². The zero-order chi connectivity index (χ0) is 19.5. The van der Waals surface area contributed by atoms with Crippen LogP contribution in [0.5, 0.6) is 0 Å². The highest BCUT2D eigenvalue weighted by atomic mass is 16.2. The summed E-state index contributed by atoms with van der Waals surface area (Å²) in [5.74, 6) is 0.737. The summed E-state index contributed by atoms with van der Waals surface area (Å²) < 4.78 is 0. The number of nitriles is 1. The molecule has 146 valence electrons. The molecule has 1 aromatic carbocycles. The van der Waals surface area contributed by atoms with Crippen LogP contribution in [0.4, 0.5) is 5.69 Å². The summed E-state index contributed by atoms with van der Waals surface area (Å²) >= 11 is 0. The van der Waals surface area contributed by atoms with E-state index >= 15 is 0 Å². The molecule has 2 aliphatic heterocycles. The smallest absolute Gasteiger partial charge is 0.222 e. The van der Waals surface area contributed by atoms with E-state index in [1.54, 1.807) is 6.20 Å². The quantitative estimate of drug-likeness (QED) is 0.822. The minimum atomic E-state index is 0.304. The standard InChI is InChI=1S/C22H27N5O/c1-25-10-12-26(13-11-25)21(28)14-17-6-8-27(9-7-17)22-18(15-23)16-24-20-5-3-2-4-19(20)22/h2-5,16-17H,6-14H2,1H3. The Hall–Kier alpha value is -2.65. The summed E-state index contributed by atoms with van der Waals surface area (Å²) in [5, 5.41) is 10.6. The molecule has 6 nitrogen and oxygen atoms in total. The van der Waals surface area contributed by atoms with Gasteiger partial charge in [-0.3, -0.25) is 9.78 Å². The van der Waals surface area contributed by atoms with E-state index in [1.165, 1.54) is 0 Å². The zero-order valence-corrected chi connectivity index (χ0v) is 16.5. The number of amides is 1. The van der Waals surface area contributed by atoms with Crippen LogP contribution in [-0.4, -0.2) is 67.0 Å².